The smallest absolute Gasteiger partial charge is 0.231 e. The van der Waals surface area contributed by atoms with Gasteiger partial charge < -0.3 is 23.8 Å². The topological polar surface area (TPSA) is 58.5 Å². The Morgan fingerprint density at radius 2 is 1.88 bits per heavy atom. The highest BCUT2D eigenvalue weighted by Gasteiger charge is 2.29. The molecule has 0 aromatic heterocycles. The Morgan fingerprint density at radius 3 is 2.62 bits per heavy atom. The van der Waals surface area contributed by atoms with Gasteiger partial charge in [0.25, 0.3) is 0 Å². The van der Waals surface area contributed by atoms with Crippen molar-refractivity contribution in [3.8, 4) is 23.0 Å². The zero-order chi connectivity index (χ0) is 18.1. The summed E-state index contributed by atoms with van der Waals surface area (Å²) < 4.78 is 22.0. The standard InChI is InChI=1S/C19H18ClNO5/c1-22-17-12(8-16-18(19(17)23-2)25-10-24-16)7-14-9-15(21-26-14)11-3-5-13(20)6-4-11/h3-6,8,14H,7,9-10H2,1-2H3. The molecule has 136 valence electrons. The Morgan fingerprint density at radius 1 is 1.12 bits per heavy atom. The van der Waals surface area contributed by atoms with Crippen LogP contribution in [0, 0.1) is 0 Å². The maximum Gasteiger partial charge on any atom is 0.231 e. The van der Waals surface area contributed by atoms with Crippen LogP contribution in [-0.4, -0.2) is 32.8 Å². The maximum atomic E-state index is 5.94. The molecule has 2 aliphatic rings. The number of halogens is 1. The second kappa shape index (κ2) is 6.96. The molecule has 0 saturated carbocycles. The molecule has 0 bridgehead atoms. The van der Waals surface area contributed by atoms with Gasteiger partial charge in [-0.05, 0) is 23.8 Å². The molecule has 0 N–H and O–H groups in total. The van der Waals surface area contributed by atoms with Crippen molar-refractivity contribution in [2.75, 3.05) is 21.0 Å². The van der Waals surface area contributed by atoms with Gasteiger partial charge in [0.05, 0.1) is 19.9 Å². The van der Waals surface area contributed by atoms with E-state index in [0.29, 0.717) is 40.9 Å². The van der Waals surface area contributed by atoms with Crippen LogP contribution in [0.4, 0.5) is 0 Å². The van der Waals surface area contributed by atoms with Crippen LogP contribution < -0.4 is 18.9 Å². The van der Waals surface area contributed by atoms with Gasteiger partial charge >= 0.3 is 0 Å². The fraction of sp³-hybridized carbons (Fsp3) is 0.316. The zero-order valence-corrected chi connectivity index (χ0v) is 15.2. The molecule has 2 aromatic rings. The van der Waals surface area contributed by atoms with Gasteiger partial charge in [0.1, 0.15) is 6.10 Å². The van der Waals surface area contributed by atoms with Crippen LogP contribution in [0.15, 0.2) is 35.5 Å². The van der Waals surface area contributed by atoms with Gasteiger partial charge in [0, 0.05) is 23.4 Å². The van der Waals surface area contributed by atoms with Crippen molar-refractivity contribution in [2.45, 2.75) is 18.9 Å². The second-order valence-electron chi connectivity index (χ2n) is 6.02. The maximum absolute atomic E-state index is 5.94. The summed E-state index contributed by atoms with van der Waals surface area (Å²) >= 11 is 5.94. The first-order valence-corrected chi connectivity index (χ1v) is 8.59. The predicted octanol–water partition coefficient (Wildman–Crippen LogP) is 3.82. The fourth-order valence-corrected chi connectivity index (χ4v) is 3.33. The number of hydrogen-bond donors (Lipinski definition) is 0. The molecule has 0 amide bonds. The Kier molecular flexibility index (Phi) is 4.51. The van der Waals surface area contributed by atoms with Gasteiger partial charge in [-0.1, -0.05) is 28.9 Å². The van der Waals surface area contributed by atoms with Gasteiger partial charge in [0.15, 0.2) is 11.5 Å². The van der Waals surface area contributed by atoms with Crippen LogP contribution in [0.1, 0.15) is 17.5 Å². The third-order valence-electron chi connectivity index (χ3n) is 4.42. The molecule has 2 aliphatic heterocycles. The van der Waals surface area contributed by atoms with Crippen LogP contribution in [0.3, 0.4) is 0 Å². The molecule has 2 heterocycles. The minimum Gasteiger partial charge on any atom is -0.492 e. The fourth-order valence-electron chi connectivity index (χ4n) is 3.20. The molecule has 0 spiro atoms. The number of ether oxygens (including phenoxy) is 4. The highest BCUT2D eigenvalue weighted by atomic mass is 35.5. The lowest BCUT2D eigenvalue weighted by Crippen LogP contribution is -2.13. The summed E-state index contributed by atoms with van der Waals surface area (Å²) in [7, 11) is 3.19. The molecule has 6 nitrogen and oxygen atoms in total. The van der Waals surface area contributed by atoms with Crippen molar-refractivity contribution in [3.63, 3.8) is 0 Å². The van der Waals surface area contributed by atoms with E-state index >= 15 is 0 Å². The summed E-state index contributed by atoms with van der Waals surface area (Å²) in [6.07, 6.45) is 1.21. The van der Waals surface area contributed by atoms with Gasteiger partial charge in [-0.15, -0.1) is 0 Å². The summed E-state index contributed by atoms with van der Waals surface area (Å²) in [6, 6.07) is 9.48. The minimum atomic E-state index is -0.0975. The molecule has 0 radical (unpaired) electrons. The molecule has 7 heteroatoms. The second-order valence-corrected chi connectivity index (χ2v) is 6.45. The lowest BCUT2D eigenvalue weighted by atomic mass is 9.99. The van der Waals surface area contributed by atoms with Crippen molar-refractivity contribution in [2.24, 2.45) is 5.16 Å². The van der Waals surface area contributed by atoms with Gasteiger partial charge in [0.2, 0.25) is 18.3 Å². The largest absolute Gasteiger partial charge is 0.492 e. The van der Waals surface area contributed by atoms with E-state index in [0.717, 1.165) is 16.8 Å². The number of oxime groups is 1. The van der Waals surface area contributed by atoms with Crippen molar-refractivity contribution < 1.29 is 23.8 Å². The number of benzene rings is 2. The third-order valence-corrected chi connectivity index (χ3v) is 4.67. The van der Waals surface area contributed by atoms with Crippen molar-refractivity contribution >= 4 is 17.3 Å². The molecule has 0 aliphatic carbocycles. The van der Waals surface area contributed by atoms with Crippen LogP contribution in [0.5, 0.6) is 23.0 Å². The number of rotatable bonds is 5. The number of fused-ring (bicyclic) bond motifs is 1. The summed E-state index contributed by atoms with van der Waals surface area (Å²) in [5, 5.41) is 4.93. The lowest BCUT2D eigenvalue weighted by molar-refractivity contribution is 0.0853. The average Bonchev–Trinajstić information content (AvgIpc) is 3.30. The monoisotopic (exact) mass is 375 g/mol. The summed E-state index contributed by atoms with van der Waals surface area (Å²) in [5.41, 5.74) is 2.83. The molecule has 1 unspecified atom stereocenters. The van der Waals surface area contributed by atoms with E-state index in [9.17, 15) is 0 Å². The van der Waals surface area contributed by atoms with E-state index in [1.165, 1.54) is 0 Å². The van der Waals surface area contributed by atoms with E-state index in [4.69, 9.17) is 35.4 Å². The summed E-state index contributed by atoms with van der Waals surface area (Å²) in [5.74, 6) is 2.38. The van der Waals surface area contributed by atoms with Crippen molar-refractivity contribution in [1.29, 1.82) is 0 Å². The number of hydrogen-bond acceptors (Lipinski definition) is 6. The molecule has 2 aromatic carbocycles. The number of nitrogens with zero attached hydrogens (tertiary/aromatic N) is 1. The van der Waals surface area contributed by atoms with E-state index in [-0.39, 0.29) is 12.9 Å². The molecular weight excluding hydrogens is 358 g/mol. The highest BCUT2D eigenvalue weighted by molar-refractivity contribution is 6.30. The molecule has 4 rings (SSSR count). The molecule has 0 fully saturated rings. The van der Waals surface area contributed by atoms with E-state index < -0.39 is 0 Å². The Labute approximate surface area is 156 Å². The number of methoxy groups -OCH3 is 2. The molecular formula is C19H18ClNO5. The zero-order valence-electron chi connectivity index (χ0n) is 14.5. The third kappa shape index (κ3) is 3.01. The van der Waals surface area contributed by atoms with Gasteiger partial charge in [-0.3, -0.25) is 0 Å². The molecule has 26 heavy (non-hydrogen) atoms. The normalized spacial score (nSPS) is 17.7. The highest BCUT2D eigenvalue weighted by Crippen LogP contribution is 2.49. The van der Waals surface area contributed by atoms with Gasteiger partial charge in [-0.2, -0.15) is 0 Å². The molecule has 0 saturated heterocycles. The van der Waals surface area contributed by atoms with Crippen molar-refractivity contribution in [1.82, 2.24) is 0 Å². The molecule has 1 atom stereocenters. The first-order chi connectivity index (χ1) is 12.7. The lowest BCUT2D eigenvalue weighted by Gasteiger charge is -2.16. The first-order valence-electron chi connectivity index (χ1n) is 8.21. The average molecular weight is 376 g/mol. The Hall–Kier alpha value is -2.60. The minimum absolute atomic E-state index is 0.0975. The van der Waals surface area contributed by atoms with Crippen LogP contribution in [-0.2, 0) is 11.3 Å². The summed E-state index contributed by atoms with van der Waals surface area (Å²) in [4.78, 5) is 5.63. The van der Waals surface area contributed by atoms with Crippen LogP contribution in [0.2, 0.25) is 5.02 Å². The van der Waals surface area contributed by atoms with Crippen LogP contribution >= 0.6 is 11.6 Å². The Balaban J connectivity index is 1.54. The summed E-state index contributed by atoms with van der Waals surface area (Å²) in [6.45, 7) is 0.169. The van der Waals surface area contributed by atoms with E-state index in [2.05, 4.69) is 5.16 Å². The Bertz CT molecular complexity index is 850. The quantitative estimate of drug-likeness (QED) is 0.795. The SMILES string of the molecule is COc1c(CC2CC(c3ccc(Cl)cc3)=NO2)cc2c(c1OC)OCO2. The van der Waals surface area contributed by atoms with Crippen molar-refractivity contribution in [3.05, 3.63) is 46.5 Å². The van der Waals surface area contributed by atoms with Gasteiger partial charge in [-0.25, -0.2) is 0 Å². The van der Waals surface area contributed by atoms with E-state index in [1.807, 2.05) is 30.3 Å². The van der Waals surface area contributed by atoms with E-state index in [1.54, 1.807) is 14.2 Å². The van der Waals surface area contributed by atoms with Crippen LogP contribution in [0.25, 0.3) is 0 Å². The predicted molar refractivity (Wildman–Crippen MR) is 96.9 cm³/mol. The first kappa shape index (κ1) is 16.8.